The number of hydrogen-bond acceptors (Lipinski definition) is 5. The molecule has 0 saturated heterocycles. The zero-order chi connectivity index (χ0) is 20.4. The van der Waals surface area contributed by atoms with E-state index in [1.54, 1.807) is 55.7 Å². The van der Waals surface area contributed by atoms with Crippen molar-refractivity contribution in [3.63, 3.8) is 0 Å². The number of carbonyl (C=O) groups excluding carboxylic acids is 1. The molecule has 2 aromatic rings. The molecule has 0 heterocycles. The number of benzene rings is 2. The first kappa shape index (κ1) is 20.6. The van der Waals surface area contributed by atoms with Gasteiger partial charge in [0.15, 0.2) is 0 Å². The maximum atomic E-state index is 12.5. The Morgan fingerprint density at radius 3 is 2.50 bits per heavy atom. The predicted octanol–water partition coefficient (Wildman–Crippen LogP) is 4.20. The molecule has 144 valence electrons. The fourth-order valence-electron chi connectivity index (χ4n) is 2.34. The lowest BCUT2D eigenvalue weighted by Crippen LogP contribution is -2.13. The second-order valence-corrected chi connectivity index (χ2v) is 5.58. The molecule has 0 aliphatic rings. The summed E-state index contributed by atoms with van der Waals surface area (Å²) >= 11 is 0. The van der Waals surface area contributed by atoms with Crippen molar-refractivity contribution in [3.05, 3.63) is 66.3 Å². The summed E-state index contributed by atoms with van der Waals surface area (Å²) in [5.74, 6) is 1.28. The van der Waals surface area contributed by atoms with Gasteiger partial charge in [0, 0.05) is 17.3 Å². The highest BCUT2D eigenvalue weighted by Crippen LogP contribution is 2.27. The van der Waals surface area contributed by atoms with E-state index in [1.165, 1.54) is 6.08 Å². The van der Waals surface area contributed by atoms with Crippen LogP contribution in [0.5, 0.6) is 17.2 Å². The smallest absolute Gasteiger partial charge is 0.266 e. The van der Waals surface area contributed by atoms with Crippen LogP contribution in [0.15, 0.2) is 60.7 Å². The Balaban J connectivity index is 2.23. The minimum atomic E-state index is -0.517. The molecular formula is C22H22N2O4. The number of amides is 1. The van der Waals surface area contributed by atoms with Gasteiger partial charge in [-0.1, -0.05) is 12.7 Å². The SMILES string of the molecule is C=CCOc1cc(OC)ccc1/C=C(\C#N)C(=O)Nc1ccc(OCC)cc1. The monoisotopic (exact) mass is 378 g/mol. The summed E-state index contributed by atoms with van der Waals surface area (Å²) in [7, 11) is 1.55. The van der Waals surface area contributed by atoms with E-state index in [2.05, 4.69) is 11.9 Å². The largest absolute Gasteiger partial charge is 0.497 e. The molecule has 0 aliphatic heterocycles. The van der Waals surface area contributed by atoms with Gasteiger partial charge in [-0.3, -0.25) is 4.79 Å². The van der Waals surface area contributed by atoms with Gasteiger partial charge in [-0.25, -0.2) is 0 Å². The van der Waals surface area contributed by atoms with Crippen molar-refractivity contribution in [1.29, 1.82) is 5.26 Å². The summed E-state index contributed by atoms with van der Waals surface area (Å²) in [6.45, 7) is 6.36. The number of rotatable bonds is 9. The third-order valence-electron chi connectivity index (χ3n) is 3.67. The van der Waals surface area contributed by atoms with E-state index in [0.717, 1.165) is 0 Å². The first-order chi connectivity index (χ1) is 13.6. The Kier molecular flexibility index (Phi) is 7.67. The van der Waals surface area contributed by atoms with Crippen molar-refractivity contribution in [1.82, 2.24) is 0 Å². The highest BCUT2D eigenvalue weighted by molar-refractivity contribution is 6.09. The fraction of sp³-hybridized carbons (Fsp3) is 0.182. The standard InChI is InChI=1S/C22H22N2O4/c1-4-12-28-21-14-20(26-3)9-6-16(21)13-17(15-23)22(25)24-18-7-10-19(11-8-18)27-5-2/h4,6-11,13-14H,1,5,12H2,2-3H3,(H,24,25)/b17-13+. The molecule has 0 unspecified atom stereocenters. The van der Waals surface area contributed by atoms with Gasteiger partial charge in [-0.05, 0) is 49.4 Å². The van der Waals surface area contributed by atoms with Crippen LogP contribution in [0.3, 0.4) is 0 Å². The second-order valence-electron chi connectivity index (χ2n) is 5.58. The fourth-order valence-corrected chi connectivity index (χ4v) is 2.34. The molecule has 6 nitrogen and oxygen atoms in total. The van der Waals surface area contributed by atoms with E-state index in [0.29, 0.717) is 35.1 Å². The molecule has 6 heteroatoms. The Morgan fingerprint density at radius 2 is 1.89 bits per heavy atom. The molecule has 1 N–H and O–H groups in total. The normalized spacial score (nSPS) is 10.5. The lowest BCUT2D eigenvalue weighted by atomic mass is 10.1. The molecule has 0 aromatic heterocycles. The highest BCUT2D eigenvalue weighted by Gasteiger charge is 2.12. The van der Waals surface area contributed by atoms with Crippen molar-refractivity contribution in [3.8, 4) is 23.3 Å². The Labute approximate surface area is 164 Å². The van der Waals surface area contributed by atoms with Crippen molar-refractivity contribution in [2.24, 2.45) is 0 Å². The molecule has 0 aliphatic carbocycles. The number of nitrogens with one attached hydrogen (secondary N) is 1. The molecule has 0 fully saturated rings. The van der Waals surface area contributed by atoms with Crippen LogP contribution in [0, 0.1) is 11.3 Å². The quantitative estimate of drug-likeness (QED) is 0.402. The van der Waals surface area contributed by atoms with Crippen molar-refractivity contribution in [2.75, 3.05) is 25.6 Å². The Morgan fingerprint density at radius 1 is 1.18 bits per heavy atom. The van der Waals surface area contributed by atoms with Crippen LogP contribution in [0.25, 0.3) is 6.08 Å². The van der Waals surface area contributed by atoms with Gasteiger partial charge in [0.25, 0.3) is 5.91 Å². The van der Waals surface area contributed by atoms with E-state index in [1.807, 2.05) is 13.0 Å². The number of ether oxygens (including phenoxy) is 3. The van der Waals surface area contributed by atoms with Crippen molar-refractivity contribution < 1.29 is 19.0 Å². The van der Waals surface area contributed by atoms with Crippen LogP contribution >= 0.6 is 0 Å². The Hall–Kier alpha value is -3.72. The summed E-state index contributed by atoms with van der Waals surface area (Å²) in [4.78, 5) is 12.5. The van der Waals surface area contributed by atoms with Crippen molar-refractivity contribution in [2.45, 2.75) is 6.92 Å². The average Bonchev–Trinajstić information content (AvgIpc) is 2.72. The molecule has 2 rings (SSSR count). The van der Waals surface area contributed by atoms with Crippen LogP contribution in [0.4, 0.5) is 5.69 Å². The zero-order valence-electron chi connectivity index (χ0n) is 15.9. The van der Waals surface area contributed by atoms with Gasteiger partial charge in [0.1, 0.15) is 35.5 Å². The second kappa shape index (κ2) is 10.4. The van der Waals surface area contributed by atoms with E-state index in [4.69, 9.17) is 14.2 Å². The zero-order valence-corrected chi connectivity index (χ0v) is 15.9. The topological polar surface area (TPSA) is 80.6 Å². The van der Waals surface area contributed by atoms with E-state index in [-0.39, 0.29) is 12.2 Å². The van der Waals surface area contributed by atoms with Gasteiger partial charge < -0.3 is 19.5 Å². The number of methoxy groups -OCH3 is 1. The molecule has 0 saturated carbocycles. The number of nitriles is 1. The minimum Gasteiger partial charge on any atom is -0.497 e. The summed E-state index contributed by atoms with van der Waals surface area (Å²) in [5, 5.41) is 12.1. The summed E-state index contributed by atoms with van der Waals surface area (Å²) < 4.78 is 16.2. The van der Waals surface area contributed by atoms with Crippen LogP contribution in [0.2, 0.25) is 0 Å². The van der Waals surface area contributed by atoms with Crippen LogP contribution in [0.1, 0.15) is 12.5 Å². The van der Waals surface area contributed by atoms with Crippen LogP contribution in [-0.4, -0.2) is 26.2 Å². The Bertz CT molecular complexity index is 896. The third kappa shape index (κ3) is 5.64. The van der Waals surface area contributed by atoms with Gasteiger partial charge in [0.05, 0.1) is 13.7 Å². The van der Waals surface area contributed by atoms with Gasteiger partial charge in [-0.15, -0.1) is 0 Å². The van der Waals surface area contributed by atoms with Crippen LogP contribution in [-0.2, 0) is 4.79 Å². The molecule has 2 aromatic carbocycles. The molecule has 0 atom stereocenters. The van der Waals surface area contributed by atoms with Crippen molar-refractivity contribution >= 4 is 17.7 Å². The first-order valence-electron chi connectivity index (χ1n) is 8.69. The number of carbonyl (C=O) groups is 1. The minimum absolute atomic E-state index is 0.0532. The van der Waals surface area contributed by atoms with E-state index in [9.17, 15) is 10.1 Å². The number of nitrogens with zero attached hydrogens (tertiary/aromatic N) is 1. The van der Waals surface area contributed by atoms with Gasteiger partial charge in [-0.2, -0.15) is 5.26 Å². The predicted molar refractivity (Wildman–Crippen MR) is 109 cm³/mol. The molecule has 28 heavy (non-hydrogen) atoms. The number of hydrogen-bond donors (Lipinski definition) is 1. The van der Waals surface area contributed by atoms with Gasteiger partial charge >= 0.3 is 0 Å². The third-order valence-corrected chi connectivity index (χ3v) is 3.67. The summed E-state index contributed by atoms with van der Waals surface area (Å²) in [6, 6.07) is 14.0. The lowest BCUT2D eigenvalue weighted by molar-refractivity contribution is -0.112. The highest BCUT2D eigenvalue weighted by atomic mass is 16.5. The lowest BCUT2D eigenvalue weighted by Gasteiger charge is -2.10. The average molecular weight is 378 g/mol. The molecular weight excluding hydrogens is 356 g/mol. The van der Waals surface area contributed by atoms with Crippen LogP contribution < -0.4 is 19.5 Å². The first-order valence-corrected chi connectivity index (χ1v) is 8.69. The summed E-state index contributed by atoms with van der Waals surface area (Å²) in [5.41, 5.74) is 1.09. The maximum Gasteiger partial charge on any atom is 0.266 e. The maximum absolute atomic E-state index is 12.5. The van der Waals surface area contributed by atoms with Gasteiger partial charge in [0.2, 0.25) is 0 Å². The molecule has 0 bridgehead atoms. The molecule has 0 radical (unpaired) electrons. The van der Waals surface area contributed by atoms with E-state index >= 15 is 0 Å². The number of anilines is 1. The molecule has 1 amide bonds. The summed E-state index contributed by atoms with van der Waals surface area (Å²) in [6.07, 6.45) is 3.08. The van der Waals surface area contributed by atoms with E-state index < -0.39 is 5.91 Å². The molecule has 0 spiro atoms.